The summed E-state index contributed by atoms with van der Waals surface area (Å²) in [6.07, 6.45) is 0.359. The number of hydrogen-bond donors (Lipinski definition) is 0. The predicted octanol–water partition coefficient (Wildman–Crippen LogP) is -0.187. The predicted molar refractivity (Wildman–Crippen MR) is 103 cm³/mol. The third kappa shape index (κ3) is 4.38. The standard InChI is InChI=1S/C17H25N3O6S2/c1-18(2)20(15-6-11-27(22,23)13-15)17(21)14-4-3-5-16(12-14)28(24,25)19-7-9-26-10-8-19/h3-5,12,15H,6-11,13H2,1-2H3/t15-/m1/s1. The molecule has 0 bridgehead atoms. The van der Waals surface area contributed by atoms with Crippen LogP contribution < -0.4 is 0 Å². The van der Waals surface area contributed by atoms with Gasteiger partial charge >= 0.3 is 0 Å². The average molecular weight is 432 g/mol. The van der Waals surface area contributed by atoms with E-state index in [4.69, 9.17) is 4.74 Å². The smallest absolute Gasteiger partial charge is 0.268 e. The van der Waals surface area contributed by atoms with E-state index in [0.29, 0.717) is 19.6 Å². The molecule has 0 aromatic heterocycles. The number of sulfonamides is 1. The van der Waals surface area contributed by atoms with Gasteiger partial charge in [0.25, 0.3) is 5.91 Å². The van der Waals surface area contributed by atoms with Crippen molar-refractivity contribution in [3.05, 3.63) is 29.8 Å². The summed E-state index contributed by atoms with van der Waals surface area (Å²) in [5.41, 5.74) is 0.201. The average Bonchev–Trinajstić information content (AvgIpc) is 3.01. The Morgan fingerprint density at radius 3 is 2.46 bits per heavy atom. The number of nitrogens with zero attached hydrogens (tertiary/aromatic N) is 3. The summed E-state index contributed by atoms with van der Waals surface area (Å²) in [5.74, 6) is -0.477. The van der Waals surface area contributed by atoms with Crippen molar-refractivity contribution in [3.63, 3.8) is 0 Å². The van der Waals surface area contributed by atoms with Crippen molar-refractivity contribution in [2.75, 3.05) is 51.9 Å². The number of carbonyl (C=O) groups is 1. The summed E-state index contributed by atoms with van der Waals surface area (Å²) in [6.45, 7) is 1.21. The molecule has 9 nitrogen and oxygen atoms in total. The van der Waals surface area contributed by atoms with E-state index in [9.17, 15) is 21.6 Å². The summed E-state index contributed by atoms with van der Waals surface area (Å²) in [7, 11) is -3.57. The van der Waals surface area contributed by atoms with E-state index >= 15 is 0 Å². The second kappa shape index (κ2) is 8.07. The monoisotopic (exact) mass is 431 g/mol. The molecular weight excluding hydrogens is 406 g/mol. The summed E-state index contributed by atoms with van der Waals surface area (Å²) < 4.78 is 55.9. The number of hydrogen-bond acceptors (Lipinski definition) is 7. The molecule has 1 aromatic carbocycles. The number of hydrazine groups is 1. The van der Waals surface area contributed by atoms with Gasteiger partial charge in [0, 0.05) is 32.7 Å². The topological polar surface area (TPSA) is 104 Å². The van der Waals surface area contributed by atoms with Gasteiger partial charge in [0.2, 0.25) is 10.0 Å². The van der Waals surface area contributed by atoms with Gasteiger partial charge in [-0.25, -0.2) is 21.8 Å². The van der Waals surface area contributed by atoms with Gasteiger partial charge in [-0.05, 0) is 24.6 Å². The molecule has 2 saturated heterocycles. The zero-order valence-corrected chi connectivity index (χ0v) is 17.6. The molecular formula is C17H25N3O6S2. The van der Waals surface area contributed by atoms with E-state index in [-0.39, 0.29) is 35.1 Å². The van der Waals surface area contributed by atoms with Crippen molar-refractivity contribution in [3.8, 4) is 0 Å². The summed E-state index contributed by atoms with van der Waals surface area (Å²) in [5, 5.41) is 2.95. The first-order chi connectivity index (χ1) is 13.1. The van der Waals surface area contributed by atoms with Gasteiger partial charge in [-0.2, -0.15) is 4.31 Å². The Balaban J connectivity index is 1.88. The van der Waals surface area contributed by atoms with Gasteiger partial charge < -0.3 is 4.74 Å². The highest BCUT2D eigenvalue weighted by molar-refractivity contribution is 7.91. The molecule has 1 atom stereocenters. The van der Waals surface area contributed by atoms with Crippen LogP contribution in [0.25, 0.3) is 0 Å². The molecule has 11 heteroatoms. The van der Waals surface area contributed by atoms with Gasteiger partial charge in [-0.1, -0.05) is 6.07 Å². The molecule has 2 fully saturated rings. The Labute approximate surface area is 165 Å². The number of sulfone groups is 1. The third-order valence-electron chi connectivity index (χ3n) is 4.88. The molecule has 2 aliphatic rings. The molecule has 156 valence electrons. The van der Waals surface area contributed by atoms with E-state index in [2.05, 4.69) is 0 Å². The molecule has 2 heterocycles. The fourth-order valence-corrected chi connectivity index (χ4v) is 6.65. The minimum atomic E-state index is -3.73. The lowest BCUT2D eigenvalue weighted by Crippen LogP contribution is -2.49. The molecule has 0 N–H and O–H groups in total. The van der Waals surface area contributed by atoms with Crippen LogP contribution in [0, 0.1) is 0 Å². The van der Waals surface area contributed by atoms with Crippen molar-refractivity contribution in [1.82, 2.24) is 14.3 Å². The number of carbonyl (C=O) groups excluding carboxylic acids is 1. The van der Waals surface area contributed by atoms with Crippen molar-refractivity contribution in [2.45, 2.75) is 17.4 Å². The second-order valence-corrected chi connectivity index (χ2v) is 11.3. The Morgan fingerprint density at radius 1 is 1.21 bits per heavy atom. The quantitative estimate of drug-likeness (QED) is 0.595. The maximum atomic E-state index is 13.1. The summed E-state index contributed by atoms with van der Waals surface area (Å²) >= 11 is 0. The molecule has 0 radical (unpaired) electrons. The zero-order chi connectivity index (χ0) is 20.5. The first kappa shape index (κ1) is 21.2. The molecule has 1 aromatic rings. The molecule has 0 unspecified atom stereocenters. The molecule has 0 saturated carbocycles. The highest BCUT2D eigenvalue weighted by Gasteiger charge is 2.37. The van der Waals surface area contributed by atoms with Crippen LogP contribution in [0.2, 0.25) is 0 Å². The maximum absolute atomic E-state index is 13.1. The first-order valence-corrected chi connectivity index (χ1v) is 12.3. The van der Waals surface area contributed by atoms with Crippen LogP contribution in [0.4, 0.5) is 0 Å². The molecule has 2 aliphatic heterocycles. The van der Waals surface area contributed by atoms with Gasteiger partial charge in [0.05, 0.1) is 35.7 Å². The normalized spacial score (nSPS) is 23.0. The van der Waals surface area contributed by atoms with Crippen LogP contribution in [-0.4, -0.2) is 95.0 Å². The fraction of sp³-hybridized carbons (Fsp3) is 0.588. The van der Waals surface area contributed by atoms with Gasteiger partial charge in [0.1, 0.15) is 0 Å². The highest BCUT2D eigenvalue weighted by atomic mass is 32.2. The SMILES string of the molecule is CN(C)N(C(=O)c1cccc(S(=O)(=O)N2CCOCC2)c1)[C@@H]1CCS(=O)(=O)C1. The third-order valence-corrected chi connectivity index (χ3v) is 8.53. The zero-order valence-electron chi connectivity index (χ0n) is 15.9. The van der Waals surface area contributed by atoms with Crippen molar-refractivity contribution in [1.29, 1.82) is 0 Å². The van der Waals surface area contributed by atoms with E-state index in [0.717, 1.165) is 0 Å². The molecule has 0 aliphatic carbocycles. The molecule has 3 rings (SSSR count). The van der Waals surface area contributed by atoms with Crippen molar-refractivity contribution >= 4 is 25.8 Å². The number of morpholine rings is 1. The van der Waals surface area contributed by atoms with Crippen molar-refractivity contribution in [2.24, 2.45) is 0 Å². The van der Waals surface area contributed by atoms with E-state index in [1.807, 2.05) is 0 Å². The number of amides is 1. The Hall–Kier alpha value is -1.53. The molecule has 0 spiro atoms. The van der Waals surface area contributed by atoms with Crippen LogP contribution >= 0.6 is 0 Å². The van der Waals surface area contributed by atoms with Crippen LogP contribution in [-0.2, 0) is 24.6 Å². The number of rotatable bonds is 5. The van der Waals surface area contributed by atoms with Crippen molar-refractivity contribution < 1.29 is 26.4 Å². The minimum absolute atomic E-state index is 0.0398. The lowest BCUT2D eigenvalue weighted by molar-refractivity contribution is 0.000985. The minimum Gasteiger partial charge on any atom is -0.379 e. The van der Waals surface area contributed by atoms with Crippen LogP contribution in [0.15, 0.2) is 29.2 Å². The first-order valence-electron chi connectivity index (χ1n) is 9.01. The Bertz CT molecular complexity index is 939. The van der Waals surface area contributed by atoms with Crippen LogP contribution in [0.3, 0.4) is 0 Å². The lowest BCUT2D eigenvalue weighted by Gasteiger charge is -2.34. The van der Waals surface area contributed by atoms with Gasteiger partial charge in [0.15, 0.2) is 9.84 Å². The Morgan fingerprint density at radius 2 is 1.89 bits per heavy atom. The lowest BCUT2D eigenvalue weighted by atomic mass is 10.1. The molecule has 1 amide bonds. The highest BCUT2D eigenvalue weighted by Crippen LogP contribution is 2.23. The van der Waals surface area contributed by atoms with Gasteiger partial charge in [-0.15, -0.1) is 0 Å². The largest absolute Gasteiger partial charge is 0.379 e. The number of benzene rings is 1. The Kier molecular flexibility index (Phi) is 6.11. The fourth-order valence-electron chi connectivity index (χ4n) is 3.50. The summed E-state index contributed by atoms with van der Waals surface area (Å²) in [4.78, 5) is 13.1. The molecule has 28 heavy (non-hydrogen) atoms. The maximum Gasteiger partial charge on any atom is 0.268 e. The van der Waals surface area contributed by atoms with Gasteiger partial charge in [-0.3, -0.25) is 9.80 Å². The van der Waals surface area contributed by atoms with E-state index in [1.54, 1.807) is 25.2 Å². The second-order valence-electron chi connectivity index (χ2n) is 7.10. The van der Waals surface area contributed by atoms with E-state index < -0.39 is 31.8 Å². The summed E-state index contributed by atoms with van der Waals surface area (Å²) in [6, 6.07) is 5.42. The van der Waals surface area contributed by atoms with Crippen LogP contribution in [0.5, 0.6) is 0 Å². The van der Waals surface area contributed by atoms with E-state index in [1.165, 1.54) is 27.5 Å². The number of ether oxygens (including phenoxy) is 1. The van der Waals surface area contributed by atoms with Crippen LogP contribution in [0.1, 0.15) is 16.8 Å².